The van der Waals surface area contributed by atoms with Gasteiger partial charge in [0.05, 0.1) is 5.69 Å². The second-order valence-corrected chi connectivity index (χ2v) is 5.96. The SMILES string of the molecule is CC(C)CNCc1coc(Oc2cccc(C(C)C)c2)n1. The van der Waals surface area contributed by atoms with Gasteiger partial charge in [0, 0.05) is 6.54 Å². The molecule has 0 saturated heterocycles. The maximum Gasteiger partial charge on any atom is 0.399 e. The molecule has 0 radical (unpaired) electrons. The van der Waals surface area contributed by atoms with E-state index in [0.29, 0.717) is 18.4 Å². The van der Waals surface area contributed by atoms with Gasteiger partial charge in [-0.2, -0.15) is 4.98 Å². The number of nitrogens with zero attached hydrogens (tertiary/aromatic N) is 1. The zero-order valence-electron chi connectivity index (χ0n) is 13.2. The van der Waals surface area contributed by atoms with Gasteiger partial charge in [0.15, 0.2) is 0 Å². The van der Waals surface area contributed by atoms with Crippen molar-refractivity contribution in [3.8, 4) is 11.8 Å². The Morgan fingerprint density at radius 3 is 2.76 bits per heavy atom. The highest BCUT2D eigenvalue weighted by molar-refractivity contribution is 5.31. The van der Waals surface area contributed by atoms with Crippen LogP contribution in [0.3, 0.4) is 0 Å². The summed E-state index contributed by atoms with van der Waals surface area (Å²) < 4.78 is 11.0. The number of aromatic nitrogens is 1. The molecule has 4 nitrogen and oxygen atoms in total. The molecular formula is C17H24N2O2. The minimum atomic E-state index is 0.289. The Bertz CT molecular complexity index is 561. The van der Waals surface area contributed by atoms with Gasteiger partial charge >= 0.3 is 6.08 Å². The van der Waals surface area contributed by atoms with Crippen molar-refractivity contribution in [1.82, 2.24) is 10.3 Å². The van der Waals surface area contributed by atoms with Crippen LogP contribution in [0.15, 0.2) is 34.9 Å². The summed E-state index contributed by atoms with van der Waals surface area (Å²) in [5, 5.41) is 3.32. The number of ether oxygens (including phenoxy) is 1. The van der Waals surface area contributed by atoms with Crippen LogP contribution in [0.25, 0.3) is 0 Å². The molecular weight excluding hydrogens is 264 g/mol. The smallest absolute Gasteiger partial charge is 0.399 e. The zero-order valence-corrected chi connectivity index (χ0v) is 13.2. The minimum Gasteiger partial charge on any atom is -0.417 e. The lowest BCUT2D eigenvalue weighted by molar-refractivity contribution is 0.330. The van der Waals surface area contributed by atoms with E-state index in [1.807, 2.05) is 18.2 Å². The van der Waals surface area contributed by atoms with E-state index < -0.39 is 0 Å². The molecule has 1 N–H and O–H groups in total. The average Bonchev–Trinajstić information content (AvgIpc) is 2.86. The van der Waals surface area contributed by atoms with Crippen LogP contribution >= 0.6 is 0 Å². The molecule has 4 heteroatoms. The molecule has 2 rings (SSSR count). The maximum absolute atomic E-state index is 5.67. The molecule has 0 aliphatic rings. The Morgan fingerprint density at radius 1 is 1.24 bits per heavy atom. The molecule has 2 aromatic rings. The van der Waals surface area contributed by atoms with Crippen LogP contribution in [0, 0.1) is 5.92 Å². The fourth-order valence-corrected chi connectivity index (χ4v) is 1.94. The van der Waals surface area contributed by atoms with Crippen molar-refractivity contribution < 1.29 is 9.15 Å². The predicted molar refractivity (Wildman–Crippen MR) is 83.7 cm³/mol. The summed E-state index contributed by atoms with van der Waals surface area (Å²) in [7, 11) is 0. The minimum absolute atomic E-state index is 0.289. The van der Waals surface area contributed by atoms with Crippen LogP contribution in [-0.2, 0) is 6.54 Å². The normalized spacial score (nSPS) is 11.3. The van der Waals surface area contributed by atoms with Crippen LogP contribution in [0.1, 0.15) is 44.9 Å². The van der Waals surface area contributed by atoms with Crippen LogP contribution in [0.4, 0.5) is 0 Å². The summed E-state index contributed by atoms with van der Waals surface area (Å²) in [6.07, 6.45) is 1.92. The van der Waals surface area contributed by atoms with E-state index in [1.54, 1.807) is 6.26 Å². The summed E-state index contributed by atoms with van der Waals surface area (Å²) >= 11 is 0. The number of oxazole rings is 1. The van der Waals surface area contributed by atoms with Crippen LogP contribution < -0.4 is 10.1 Å². The van der Waals surface area contributed by atoms with Crippen LogP contribution in [0.5, 0.6) is 11.8 Å². The van der Waals surface area contributed by atoms with Gasteiger partial charge in [-0.1, -0.05) is 39.8 Å². The first-order valence-electron chi connectivity index (χ1n) is 7.47. The molecule has 0 spiro atoms. The quantitative estimate of drug-likeness (QED) is 0.823. The fourth-order valence-electron chi connectivity index (χ4n) is 1.94. The first-order chi connectivity index (χ1) is 10.0. The first-order valence-corrected chi connectivity index (χ1v) is 7.47. The number of rotatable bonds is 7. The number of hydrogen-bond acceptors (Lipinski definition) is 4. The maximum atomic E-state index is 5.67. The Labute approximate surface area is 126 Å². The monoisotopic (exact) mass is 288 g/mol. The molecule has 0 atom stereocenters. The third-order valence-electron chi connectivity index (χ3n) is 3.12. The van der Waals surface area contributed by atoms with Crippen molar-refractivity contribution in [3.05, 3.63) is 41.8 Å². The molecule has 0 unspecified atom stereocenters. The van der Waals surface area contributed by atoms with Crippen molar-refractivity contribution >= 4 is 0 Å². The van der Waals surface area contributed by atoms with E-state index in [1.165, 1.54) is 5.56 Å². The topological polar surface area (TPSA) is 47.3 Å². The van der Waals surface area contributed by atoms with E-state index in [0.717, 1.165) is 18.0 Å². The lowest BCUT2D eigenvalue weighted by Gasteiger charge is -2.07. The summed E-state index contributed by atoms with van der Waals surface area (Å²) in [6.45, 7) is 10.3. The first kappa shape index (κ1) is 15.6. The van der Waals surface area contributed by atoms with Gasteiger partial charge in [0.25, 0.3) is 0 Å². The molecule has 0 aliphatic heterocycles. The van der Waals surface area contributed by atoms with Crippen molar-refractivity contribution in [2.24, 2.45) is 5.92 Å². The molecule has 1 aromatic heterocycles. The van der Waals surface area contributed by atoms with E-state index in [4.69, 9.17) is 9.15 Å². The second-order valence-electron chi connectivity index (χ2n) is 5.96. The Balaban J connectivity index is 1.94. The van der Waals surface area contributed by atoms with Crippen molar-refractivity contribution in [1.29, 1.82) is 0 Å². The average molecular weight is 288 g/mol. The van der Waals surface area contributed by atoms with Gasteiger partial charge in [0.1, 0.15) is 12.0 Å². The number of nitrogens with one attached hydrogen (secondary N) is 1. The molecule has 0 bridgehead atoms. The van der Waals surface area contributed by atoms with Crippen molar-refractivity contribution in [2.45, 2.75) is 40.2 Å². The van der Waals surface area contributed by atoms with E-state index >= 15 is 0 Å². The zero-order chi connectivity index (χ0) is 15.2. The molecule has 1 heterocycles. The van der Waals surface area contributed by atoms with Crippen molar-refractivity contribution in [2.75, 3.05) is 6.54 Å². The highest BCUT2D eigenvalue weighted by atomic mass is 16.6. The Morgan fingerprint density at radius 2 is 2.05 bits per heavy atom. The van der Waals surface area contributed by atoms with E-state index in [-0.39, 0.29) is 6.08 Å². The van der Waals surface area contributed by atoms with Gasteiger partial charge < -0.3 is 14.5 Å². The van der Waals surface area contributed by atoms with Gasteiger partial charge in [0.2, 0.25) is 0 Å². The van der Waals surface area contributed by atoms with Crippen LogP contribution in [0.2, 0.25) is 0 Å². The highest BCUT2D eigenvalue weighted by Crippen LogP contribution is 2.24. The predicted octanol–water partition coefficient (Wildman–Crippen LogP) is 4.34. The highest BCUT2D eigenvalue weighted by Gasteiger charge is 2.08. The number of benzene rings is 1. The molecule has 114 valence electrons. The Hall–Kier alpha value is -1.81. The van der Waals surface area contributed by atoms with Gasteiger partial charge in [-0.15, -0.1) is 0 Å². The molecule has 0 aliphatic carbocycles. The van der Waals surface area contributed by atoms with E-state index in [2.05, 4.69) is 44.1 Å². The standard InChI is InChI=1S/C17H24N2O2/c1-12(2)9-18-10-15-11-20-17(19-15)21-16-7-5-6-14(8-16)13(3)4/h5-8,11-13,18H,9-10H2,1-4H3. The number of hydrogen-bond donors (Lipinski definition) is 1. The molecule has 0 amide bonds. The summed E-state index contributed by atoms with van der Waals surface area (Å²) in [5.41, 5.74) is 2.09. The second kappa shape index (κ2) is 7.27. The van der Waals surface area contributed by atoms with Gasteiger partial charge in [-0.25, -0.2) is 0 Å². The largest absolute Gasteiger partial charge is 0.417 e. The molecule has 21 heavy (non-hydrogen) atoms. The fraction of sp³-hybridized carbons (Fsp3) is 0.471. The van der Waals surface area contributed by atoms with E-state index in [9.17, 15) is 0 Å². The van der Waals surface area contributed by atoms with Gasteiger partial charge in [-0.05, 0) is 36.1 Å². The molecule has 1 aromatic carbocycles. The lowest BCUT2D eigenvalue weighted by Crippen LogP contribution is -2.19. The lowest BCUT2D eigenvalue weighted by atomic mass is 10.0. The van der Waals surface area contributed by atoms with Gasteiger partial charge in [-0.3, -0.25) is 0 Å². The third kappa shape index (κ3) is 4.90. The summed E-state index contributed by atoms with van der Waals surface area (Å²) in [4.78, 5) is 4.33. The van der Waals surface area contributed by atoms with Crippen molar-refractivity contribution in [3.63, 3.8) is 0 Å². The summed E-state index contributed by atoms with van der Waals surface area (Å²) in [6, 6.07) is 8.01. The third-order valence-corrected chi connectivity index (χ3v) is 3.12. The summed E-state index contributed by atoms with van der Waals surface area (Å²) in [5.74, 6) is 1.84. The molecule has 0 saturated carbocycles. The molecule has 0 fully saturated rings. The van der Waals surface area contributed by atoms with Crippen LogP contribution in [-0.4, -0.2) is 11.5 Å². The Kier molecular flexibility index (Phi) is 5.39.